The first-order valence-corrected chi connectivity index (χ1v) is 9.41. The molecule has 0 saturated carbocycles. The molecule has 1 aliphatic rings. The van der Waals surface area contributed by atoms with Gasteiger partial charge in [-0.2, -0.15) is 0 Å². The van der Waals surface area contributed by atoms with E-state index < -0.39 is 0 Å². The number of aliphatic imine (C=N–C) groups is 1. The Morgan fingerprint density at radius 3 is 2.46 bits per heavy atom. The lowest BCUT2D eigenvalue weighted by molar-refractivity contribution is 0.253. The molecular formula is C18H39IN4O. The molecule has 1 fully saturated rings. The Balaban J connectivity index is 0.00000529. The van der Waals surface area contributed by atoms with Crippen LogP contribution in [-0.4, -0.2) is 60.8 Å². The minimum absolute atomic E-state index is 0. The third-order valence-corrected chi connectivity index (χ3v) is 4.78. The Labute approximate surface area is 166 Å². The van der Waals surface area contributed by atoms with Gasteiger partial charge in [0.25, 0.3) is 0 Å². The van der Waals surface area contributed by atoms with Gasteiger partial charge in [-0.15, -0.1) is 24.0 Å². The first-order valence-electron chi connectivity index (χ1n) is 9.41. The molecule has 0 aromatic rings. The summed E-state index contributed by atoms with van der Waals surface area (Å²) in [4.78, 5) is 7.31. The number of aliphatic hydroxyl groups excluding tert-OH is 1. The standard InChI is InChI=1S/C18H38N4O.HI/c1-6-8-16(9-10-23)11-20-18(19-7-2)21-17-13-22(14(3)4)12-15(17)5;/h14-17,23H,6-13H2,1-5H3,(H2,19,20,21);1H. The van der Waals surface area contributed by atoms with Crippen LogP contribution in [0.3, 0.4) is 0 Å². The van der Waals surface area contributed by atoms with E-state index in [2.05, 4.69) is 50.2 Å². The topological polar surface area (TPSA) is 59.9 Å². The van der Waals surface area contributed by atoms with Gasteiger partial charge in [-0.1, -0.05) is 20.3 Å². The van der Waals surface area contributed by atoms with E-state index in [-0.39, 0.29) is 30.6 Å². The van der Waals surface area contributed by atoms with Crippen molar-refractivity contribution in [3.8, 4) is 0 Å². The highest BCUT2D eigenvalue weighted by atomic mass is 127. The van der Waals surface area contributed by atoms with Gasteiger partial charge in [0.05, 0.1) is 0 Å². The van der Waals surface area contributed by atoms with Crippen molar-refractivity contribution in [2.45, 2.75) is 66.0 Å². The number of halogens is 1. The lowest BCUT2D eigenvalue weighted by Crippen LogP contribution is -2.47. The number of aliphatic hydroxyl groups is 1. The van der Waals surface area contributed by atoms with Crippen LogP contribution in [-0.2, 0) is 0 Å². The predicted octanol–water partition coefficient (Wildman–Crippen LogP) is 2.69. The van der Waals surface area contributed by atoms with Gasteiger partial charge in [0.15, 0.2) is 5.96 Å². The molecule has 5 nitrogen and oxygen atoms in total. The lowest BCUT2D eigenvalue weighted by Gasteiger charge is -2.22. The first kappa shape index (κ1) is 23.9. The second kappa shape index (κ2) is 13.2. The zero-order valence-electron chi connectivity index (χ0n) is 16.2. The van der Waals surface area contributed by atoms with E-state index in [9.17, 15) is 5.11 Å². The van der Waals surface area contributed by atoms with Crippen LogP contribution in [0.25, 0.3) is 0 Å². The van der Waals surface area contributed by atoms with Gasteiger partial charge in [0.2, 0.25) is 0 Å². The number of likely N-dealkylation sites (tertiary alicyclic amines) is 1. The van der Waals surface area contributed by atoms with Gasteiger partial charge in [-0.3, -0.25) is 9.89 Å². The molecule has 0 spiro atoms. The summed E-state index contributed by atoms with van der Waals surface area (Å²) in [5.41, 5.74) is 0. The van der Waals surface area contributed by atoms with Crippen molar-refractivity contribution in [3.05, 3.63) is 0 Å². The normalized spacial score (nSPS) is 23.2. The molecule has 1 aliphatic heterocycles. The van der Waals surface area contributed by atoms with Gasteiger partial charge in [-0.05, 0) is 45.4 Å². The molecule has 3 N–H and O–H groups in total. The molecule has 0 aromatic carbocycles. The summed E-state index contributed by atoms with van der Waals surface area (Å²) in [6.07, 6.45) is 3.12. The lowest BCUT2D eigenvalue weighted by atomic mass is 10.0. The van der Waals surface area contributed by atoms with E-state index in [1.165, 1.54) is 0 Å². The minimum atomic E-state index is 0. The van der Waals surface area contributed by atoms with Crippen LogP contribution in [0, 0.1) is 11.8 Å². The maximum atomic E-state index is 9.19. The summed E-state index contributed by atoms with van der Waals surface area (Å²) in [5, 5.41) is 16.2. The van der Waals surface area contributed by atoms with E-state index in [1.54, 1.807) is 0 Å². The fraction of sp³-hybridized carbons (Fsp3) is 0.944. The van der Waals surface area contributed by atoms with Gasteiger partial charge >= 0.3 is 0 Å². The largest absolute Gasteiger partial charge is 0.396 e. The van der Waals surface area contributed by atoms with Gasteiger partial charge in [-0.25, -0.2) is 0 Å². The van der Waals surface area contributed by atoms with E-state index in [1.807, 2.05) is 0 Å². The Kier molecular flexibility index (Phi) is 13.1. The molecule has 0 aromatic heterocycles. The van der Waals surface area contributed by atoms with Crippen molar-refractivity contribution in [3.63, 3.8) is 0 Å². The first-order chi connectivity index (χ1) is 11.0. The van der Waals surface area contributed by atoms with Gasteiger partial charge in [0, 0.05) is 44.9 Å². The Morgan fingerprint density at radius 1 is 1.25 bits per heavy atom. The second-order valence-electron chi connectivity index (χ2n) is 7.16. The van der Waals surface area contributed by atoms with Crippen LogP contribution >= 0.6 is 24.0 Å². The Morgan fingerprint density at radius 2 is 1.96 bits per heavy atom. The highest BCUT2D eigenvalue weighted by Crippen LogP contribution is 2.18. The zero-order valence-corrected chi connectivity index (χ0v) is 18.5. The molecule has 24 heavy (non-hydrogen) atoms. The highest BCUT2D eigenvalue weighted by Gasteiger charge is 2.31. The van der Waals surface area contributed by atoms with Crippen LogP contribution in [0.4, 0.5) is 0 Å². The number of nitrogens with zero attached hydrogens (tertiary/aromatic N) is 2. The van der Waals surface area contributed by atoms with Crippen molar-refractivity contribution < 1.29 is 5.11 Å². The van der Waals surface area contributed by atoms with E-state index >= 15 is 0 Å². The van der Waals surface area contributed by atoms with Gasteiger partial charge in [0.1, 0.15) is 0 Å². The molecule has 1 rings (SSSR count). The monoisotopic (exact) mass is 454 g/mol. The van der Waals surface area contributed by atoms with Crippen molar-refractivity contribution >= 4 is 29.9 Å². The smallest absolute Gasteiger partial charge is 0.191 e. The fourth-order valence-corrected chi connectivity index (χ4v) is 3.25. The molecule has 0 bridgehead atoms. The maximum absolute atomic E-state index is 9.19. The van der Waals surface area contributed by atoms with Crippen LogP contribution in [0.15, 0.2) is 4.99 Å². The van der Waals surface area contributed by atoms with Crippen molar-refractivity contribution in [1.82, 2.24) is 15.5 Å². The van der Waals surface area contributed by atoms with Crippen LogP contribution < -0.4 is 10.6 Å². The quantitative estimate of drug-likeness (QED) is 0.285. The molecule has 0 amide bonds. The number of nitrogens with one attached hydrogen (secondary N) is 2. The van der Waals surface area contributed by atoms with Crippen molar-refractivity contribution in [1.29, 1.82) is 0 Å². The molecule has 0 radical (unpaired) electrons. The molecule has 6 heteroatoms. The number of hydrogen-bond acceptors (Lipinski definition) is 3. The number of rotatable bonds is 9. The number of hydrogen-bond donors (Lipinski definition) is 3. The van der Waals surface area contributed by atoms with E-state index in [0.29, 0.717) is 23.9 Å². The van der Waals surface area contributed by atoms with Crippen LogP contribution in [0.1, 0.15) is 53.9 Å². The van der Waals surface area contributed by atoms with Crippen molar-refractivity contribution in [2.75, 3.05) is 32.8 Å². The zero-order chi connectivity index (χ0) is 17.2. The summed E-state index contributed by atoms with van der Waals surface area (Å²) in [5.74, 6) is 2.03. The van der Waals surface area contributed by atoms with E-state index in [0.717, 1.165) is 51.4 Å². The third kappa shape index (κ3) is 8.34. The molecule has 1 saturated heterocycles. The summed E-state index contributed by atoms with van der Waals surface area (Å²) in [7, 11) is 0. The molecule has 3 atom stereocenters. The summed E-state index contributed by atoms with van der Waals surface area (Å²) >= 11 is 0. The summed E-state index contributed by atoms with van der Waals surface area (Å²) in [6.45, 7) is 15.3. The van der Waals surface area contributed by atoms with E-state index in [4.69, 9.17) is 4.99 Å². The molecule has 3 unspecified atom stereocenters. The summed E-state index contributed by atoms with van der Waals surface area (Å²) < 4.78 is 0. The highest BCUT2D eigenvalue weighted by molar-refractivity contribution is 14.0. The number of guanidine groups is 1. The average Bonchev–Trinajstić information content (AvgIpc) is 2.86. The molecule has 0 aliphatic carbocycles. The molecule has 144 valence electrons. The molecule has 1 heterocycles. The SMILES string of the molecule is CCCC(CCO)CN=C(NCC)NC1CN(C(C)C)CC1C.I. The van der Waals surface area contributed by atoms with Gasteiger partial charge < -0.3 is 15.7 Å². The van der Waals surface area contributed by atoms with Crippen LogP contribution in [0.2, 0.25) is 0 Å². The third-order valence-electron chi connectivity index (χ3n) is 4.78. The predicted molar refractivity (Wildman–Crippen MR) is 114 cm³/mol. The minimum Gasteiger partial charge on any atom is -0.396 e. The Bertz CT molecular complexity index is 346. The molecular weight excluding hydrogens is 415 g/mol. The Hall–Kier alpha value is -0.0800. The average molecular weight is 454 g/mol. The fourth-order valence-electron chi connectivity index (χ4n) is 3.25. The summed E-state index contributed by atoms with van der Waals surface area (Å²) in [6, 6.07) is 1.06. The van der Waals surface area contributed by atoms with Crippen molar-refractivity contribution in [2.24, 2.45) is 16.8 Å². The second-order valence-corrected chi connectivity index (χ2v) is 7.16. The maximum Gasteiger partial charge on any atom is 0.191 e. The van der Waals surface area contributed by atoms with Crippen LogP contribution in [0.5, 0.6) is 0 Å².